The zero-order chi connectivity index (χ0) is 20.6. The summed E-state index contributed by atoms with van der Waals surface area (Å²) in [5, 5.41) is 3.80. The Hall–Kier alpha value is -2.67. The molecule has 3 aromatic rings. The monoisotopic (exact) mass is 411 g/mol. The number of likely N-dealkylation sites (tertiary alicyclic amines) is 1. The summed E-state index contributed by atoms with van der Waals surface area (Å²) in [6.45, 7) is 7.13. The van der Waals surface area contributed by atoms with Gasteiger partial charge in [0.05, 0.1) is 10.2 Å². The molecule has 2 amide bonds. The van der Waals surface area contributed by atoms with Crippen molar-refractivity contribution in [1.82, 2.24) is 15.2 Å². The van der Waals surface area contributed by atoms with Crippen LogP contribution in [0.5, 0.6) is 0 Å². The van der Waals surface area contributed by atoms with E-state index in [-0.39, 0.29) is 29.0 Å². The maximum Gasteiger partial charge on any atom is 0.287 e. The van der Waals surface area contributed by atoms with Crippen molar-refractivity contribution in [2.45, 2.75) is 39.7 Å². The summed E-state index contributed by atoms with van der Waals surface area (Å²) in [5.41, 5.74) is 0.549. The molecule has 4 rings (SSSR count). The largest absolute Gasteiger partial charge is 0.448 e. The smallest absolute Gasteiger partial charge is 0.287 e. The molecule has 0 radical (unpaired) electrons. The number of fused-ring (bicyclic) bond motifs is 1. The van der Waals surface area contributed by atoms with Crippen LogP contribution in [0, 0.1) is 5.41 Å². The lowest BCUT2D eigenvalue weighted by atomic mass is 9.93. The van der Waals surface area contributed by atoms with Crippen molar-refractivity contribution in [2.75, 3.05) is 13.1 Å². The fourth-order valence-electron chi connectivity index (χ4n) is 3.51. The van der Waals surface area contributed by atoms with Crippen molar-refractivity contribution in [2.24, 2.45) is 5.41 Å². The van der Waals surface area contributed by atoms with E-state index in [9.17, 15) is 9.59 Å². The molecule has 29 heavy (non-hydrogen) atoms. The number of rotatable bonds is 3. The van der Waals surface area contributed by atoms with Crippen LogP contribution in [0.3, 0.4) is 0 Å². The molecule has 1 N–H and O–H groups in total. The highest BCUT2D eigenvalue weighted by atomic mass is 32.1. The third-order valence-corrected chi connectivity index (χ3v) is 6.14. The summed E-state index contributed by atoms with van der Waals surface area (Å²) in [6.07, 6.45) is 1.50. The highest BCUT2D eigenvalue weighted by Gasteiger charge is 2.31. The fourth-order valence-corrected chi connectivity index (χ4v) is 4.44. The van der Waals surface area contributed by atoms with Gasteiger partial charge in [0.1, 0.15) is 0 Å². The van der Waals surface area contributed by atoms with Gasteiger partial charge in [0.15, 0.2) is 16.5 Å². The Kier molecular flexibility index (Phi) is 5.17. The maximum absolute atomic E-state index is 12.6. The second-order valence-corrected chi connectivity index (χ2v) is 9.47. The summed E-state index contributed by atoms with van der Waals surface area (Å²) in [5.74, 6) is 0.821. The highest BCUT2D eigenvalue weighted by molar-refractivity contribution is 7.21. The van der Waals surface area contributed by atoms with Gasteiger partial charge in [-0.25, -0.2) is 4.98 Å². The fraction of sp³-hybridized carbons (Fsp3) is 0.409. The predicted molar refractivity (Wildman–Crippen MR) is 114 cm³/mol. The van der Waals surface area contributed by atoms with Gasteiger partial charge < -0.3 is 14.6 Å². The van der Waals surface area contributed by atoms with E-state index in [1.807, 2.05) is 49.9 Å². The average Bonchev–Trinajstić information content (AvgIpc) is 3.34. The van der Waals surface area contributed by atoms with E-state index >= 15 is 0 Å². The second kappa shape index (κ2) is 7.63. The van der Waals surface area contributed by atoms with E-state index in [4.69, 9.17) is 4.42 Å². The molecule has 0 atom stereocenters. The molecule has 0 unspecified atom stereocenters. The Bertz CT molecular complexity index is 1010. The molecule has 0 saturated carbocycles. The Morgan fingerprint density at radius 1 is 1.14 bits per heavy atom. The molecule has 1 aromatic carbocycles. The van der Waals surface area contributed by atoms with Gasteiger partial charge in [0.2, 0.25) is 5.91 Å². The van der Waals surface area contributed by atoms with Crippen molar-refractivity contribution in [3.63, 3.8) is 0 Å². The molecular weight excluding hydrogens is 386 g/mol. The highest BCUT2D eigenvalue weighted by Crippen LogP contribution is 2.31. The first-order valence-corrected chi connectivity index (χ1v) is 10.7. The van der Waals surface area contributed by atoms with Crippen molar-refractivity contribution in [1.29, 1.82) is 0 Å². The predicted octanol–water partition coefficient (Wildman–Crippen LogP) is 4.32. The molecule has 152 valence electrons. The van der Waals surface area contributed by atoms with Gasteiger partial charge in [0.25, 0.3) is 5.91 Å². The number of carbonyl (C=O) groups excluding carboxylic acids is 2. The number of benzene rings is 1. The number of aromatic nitrogens is 1. The van der Waals surface area contributed by atoms with Crippen LogP contribution in [0.4, 0.5) is 0 Å². The second-order valence-electron chi connectivity index (χ2n) is 8.44. The van der Waals surface area contributed by atoms with Crippen LogP contribution in [0.15, 0.2) is 40.8 Å². The van der Waals surface area contributed by atoms with Crippen molar-refractivity contribution in [3.05, 3.63) is 42.2 Å². The number of thiazole rings is 1. The lowest BCUT2D eigenvalue weighted by molar-refractivity contribution is -0.140. The van der Waals surface area contributed by atoms with E-state index in [0.717, 1.165) is 28.1 Å². The minimum atomic E-state index is -0.374. The zero-order valence-corrected chi connectivity index (χ0v) is 17.7. The Morgan fingerprint density at radius 2 is 1.86 bits per heavy atom. The number of nitrogens with one attached hydrogen (secondary N) is 1. The Balaban J connectivity index is 1.37. The molecule has 0 spiro atoms. The minimum absolute atomic E-state index is 0.0440. The Labute approximate surface area is 173 Å². The number of carbonyl (C=O) groups is 2. The summed E-state index contributed by atoms with van der Waals surface area (Å²) in [4.78, 5) is 31.5. The van der Waals surface area contributed by atoms with Gasteiger partial charge >= 0.3 is 0 Å². The first kappa shape index (κ1) is 19.6. The molecule has 0 bridgehead atoms. The van der Waals surface area contributed by atoms with E-state index in [2.05, 4.69) is 10.3 Å². The van der Waals surface area contributed by atoms with Gasteiger partial charge in [-0.1, -0.05) is 32.9 Å². The molecular formula is C22H25N3O3S. The molecule has 1 saturated heterocycles. The van der Waals surface area contributed by atoms with E-state index in [1.54, 1.807) is 23.5 Å². The summed E-state index contributed by atoms with van der Waals surface area (Å²) in [7, 11) is 0. The van der Waals surface area contributed by atoms with Crippen LogP contribution >= 0.6 is 11.3 Å². The standard InChI is InChI=1S/C22H25N3O3S/c1-22(2,3)21(27)25-12-10-14(11-13-25)23-19(26)16-8-9-17(28-16)20-24-15-6-4-5-7-18(15)29-20/h4-9,14H,10-13H2,1-3H3,(H,23,26). The van der Waals surface area contributed by atoms with Crippen LogP contribution in [-0.4, -0.2) is 40.8 Å². The van der Waals surface area contributed by atoms with Crippen LogP contribution in [0.2, 0.25) is 0 Å². The number of amides is 2. The van der Waals surface area contributed by atoms with Crippen LogP contribution in [-0.2, 0) is 4.79 Å². The van der Waals surface area contributed by atoms with E-state index < -0.39 is 0 Å². The van der Waals surface area contributed by atoms with Gasteiger partial charge in [-0.15, -0.1) is 11.3 Å². The van der Waals surface area contributed by atoms with Crippen molar-refractivity contribution < 1.29 is 14.0 Å². The molecule has 1 aliphatic heterocycles. The number of piperidine rings is 1. The molecule has 2 aromatic heterocycles. The normalized spacial score (nSPS) is 15.6. The van der Waals surface area contributed by atoms with Gasteiger partial charge in [-0.05, 0) is 37.1 Å². The van der Waals surface area contributed by atoms with Gasteiger partial charge in [0, 0.05) is 24.5 Å². The van der Waals surface area contributed by atoms with Crippen LogP contribution in [0.1, 0.15) is 44.2 Å². The first-order chi connectivity index (χ1) is 13.8. The molecule has 7 heteroatoms. The van der Waals surface area contributed by atoms with E-state index in [0.29, 0.717) is 18.8 Å². The first-order valence-electron chi connectivity index (χ1n) is 9.87. The molecule has 3 heterocycles. The molecule has 1 fully saturated rings. The summed E-state index contributed by atoms with van der Waals surface area (Å²) < 4.78 is 6.86. The molecule has 1 aliphatic rings. The lowest BCUT2D eigenvalue weighted by Crippen LogP contribution is -2.49. The third kappa shape index (κ3) is 4.19. The SMILES string of the molecule is CC(C)(C)C(=O)N1CCC(NC(=O)c2ccc(-c3nc4ccccc4s3)o2)CC1. The number of para-hydroxylation sites is 1. The third-order valence-electron chi connectivity index (χ3n) is 5.09. The quantitative estimate of drug-likeness (QED) is 0.696. The lowest BCUT2D eigenvalue weighted by Gasteiger charge is -2.35. The minimum Gasteiger partial charge on any atom is -0.448 e. The van der Waals surface area contributed by atoms with E-state index in [1.165, 1.54) is 0 Å². The summed E-state index contributed by atoms with van der Waals surface area (Å²) in [6, 6.07) is 11.4. The Morgan fingerprint density at radius 3 is 2.55 bits per heavy atom. The number of hydrogen-bond donors (Lipinski definition) is 1. The average molecular weight is 412 g/mol. The number of furan rings is 1. The van der Waals surface area contributed by atoms with Crippen LogP contribution < -0.4 is 5.32 Å². The van der Waals surface area contributed by atoms with Crippen molar-refractivity contribution >= 4 is 33.4 Å². The maximum atomic E-state index is 12.6. The van der Waals surface area contributed by atoms with Gasteiger partial charge in [-0.3, -0.25) is 9.59 Å². The van der Waals surface area contributed by atoms with Gasteiger partial charge in [-0.2, -0.15) is 0 Å². The zero-order valence-electron chi connectivity index (χ0n) is 16.9. The van der Waals surface area contributed by atoms with Crippen LogP contribution in [0.25, 0.3) is 21.0 Å². The molecule has 6 nitrogen and oxygen atoms in total. The number of nitrogens with zero attached hydrogens (tertiary/aromatic N) is 2. The van der Waals surface area contributed by atoms with Crippen molar-refractivity contribution in [3.8, 4) is 10.8 Å². The summed E-state index contributed by atoms with van der Waals surface area (Å²) >= 11 is 1.54. The molecule has 0 aliphatic carbocycles. The number of hydrogen-bond acceptors (Lipinski definition) is 5. The topological polar surface area (TPSA) is 75.4 Å².